The van der Waals surface area contributed by atoms with Gasteiger partial charge in [-0.05, 0) is 30.5 Å². The molecular weight excluding hydrogens is 346 g/mol. The number of guanidine groups is 1. The van der Waals surface area contributed by atoms with Gasteiger partial charge < -0.3 is 20.5 Å². The van der Waals surface area contributed by atoms with Gasteiger partial charge >= 0.3 is 0 Å². The second-order valence-electron chi connectivity index (χ2n) is 5.68. The van der Waals surface area contributed by atoms with Crippen LogP contribution in [0.25, 0.3) is 0 Å². The molecule has 0 radical (unpaired) electrons. The van der Waals surface area contributed by atoms with Crippen molar-refractivity contribution in [1.82, 2.24) is 10.6 Å². The van der Waals surface area contributed by atoms with Crippen LogP contribution in [0.2, 0.25) is 0 Å². The Labute approximate surface area is 140 Å². The molecule has 1 aliphatic rings. The van der Waals surface area contributed by atoms with Gasteiger partial charge in [-0.1, -0.05) is 28.1 Å². The van der Waals surface area contributed by atoms with Gasteiger partial charge in [-0.15, -0.1) is 0 Å². The van der Waals surface area contributed by atoms with Crippen LogP contribution in [-0.4, -0.2) is 44.5 Å². The van der Waals surface area contributed by atoms with Gasteiger partial charge in [0.1, 0.15) is 0 Å². The summed E-state index contributed by atoms with van der Waals surface area (Å²) in [6.07, 6.45) is 1.73. The molecule has 0 aromatic heterocycles. The lowest BCUT2D eigenvalue weighted by atomic mass is 9.84. The van der Waals surface area contributed by atoms with Crippen LogP contribution in [0.5, 0.6) is 0 Å². The minimum Gasteiger partial charge on any atom is -0.396 e. The molecular formula is C16H24BrN3O2. The predicted molar refractivity (Wildman–Crippen MR) is 91.9 cm³/mol. The summed E-state index contributed by atoms with van der Waals surface area (Å²) in [6, 6.07) is 8.20. The van der Waals surface area contributed by atoms with Crippen molar-refractivity contribution < 1.29 is 9.84 Å². The van der Waals surface area contributed by atoms with Crippen LogP contribution < -0.4 is 10.6 Å². The summed E-state index contributed by atoms with van der Waals surface area (Å²) in [7, 11) is 1.76. The molecule has 1 unspecified atom stereocenters. The van der Waals surface area contributed by atoms with E-state index in [0.29, 0.717) is 6.61 Å². The normalized spacial score (nSPS) is 21.9. The number of ether oxygens (including phenoxy) is 1. The molecule has 0 spiro atoms. The van der Waals surface area contributed by atoms with Crippen molar-refractivity contribution in [1.29, 1.82) is 0 Å². The van der Waals surface area contributed by atoms with Crippen LogP contribution in [0.15, 0.2) is 33.7 Å². The number of nitrogens with one attached hydrogen (secondary N) is 2. The Morgan fingerprint density at radius 3 is 2.73 bits per heavy atom. The van der Waals surface area contributed by atoms with Crippen LogP contribution >= 0.6 is 15.9 Å². The van der Waals surface area contributed by atoms with Crippen molar-refractivity contribution in [2.75, 3.05) is 33.4 Å². The Bertz CT molecular complexity index is 485. The van der Waals surface area contributed by atoms with E-state index >= 15 is 0 Å². The number of hydrogen-bond donors (Lipinski definition) is 3. The molecule has 1 atom stereocenters. The fourth-order valence-electron chi connectivity index (χ4n) is 2.59. The topological polar surface area (TPSA) is 65.9 Å². The molecule has 0 aliphatic carbocycles. The molecule has 5 nitrogen and oxygen atoms in total. The quantitative estimate of drug-likeness (QED) is 0.529. The van der Waals surface area contributed by atoms with E-state index in [1.54, 1.807) is 7.05 Å². The largest absolute Gasteiger partial charge is 0.396 e. The number of benzene rings is 1. The minimum absolute atomic E-state index is 0.0178. The zero-order valence-corrected chi connectivity index (χ0v) is 14.5. The van der Waals surface area contributed by atoms with Gasteiger partial charge in [-0.2, -0.15) is 0 Å². The summed E-state index contributed by atoms with van der Waals surface area (Å²) in [5.41, 5.74) is 1.21. The van der Waals surface area contributed by atoms with Gasteiger partial charge in [0.15, 0.2) is 5.96 Å². The molecule has 1 aliphatic heterocycles. The molecule has 0 saturated carbocycles. The molecule has 1 aromatic carbocycles. The lowest BCUT2D eigenvalue weighted by Crippen LogP contribution is -2.44. The highest BCUT2D eigenvalue weighted by molar-refractivity contribution is 9.10. The third-order valence-electron chi connectivity index (χ3n) is 4.05. The maximum atomic E-state index is 9.26. The summed E-state index contributed by atoms with van der Waals surface area (Å²) in [5, 5.41) is 15.9. The summed E-state index contributed by atoms with van der Waals surface area (Å²) in [6.45, 7) is 3.14. The number of aliphatic hydroxyl groups is 1. The summed E-state index contributed by atoms with van der Waals surface area (Å²) in [5.74, 6) is 0.770. The molecule has 1 fully saturated rings. The van der Waals surface area contributed by atoms with Gasteiger partial charge in [0.25, 0.3) is 0 Å². The lowest BCUT2D eigenvalue weighted by molar-refractivity contribution is 0.127. The van der Waals surface area contributed by atoms with Gasteiger partial charge in [0.05, 0.1) is 6.61 Å². The molecule has 22 heavy (non-hydrogen) atoms. The number of nitrogens with zero attached hydrogens (tertiary/aromatic N) is 1. The maximum absolute atomic E-state index is 9.26. The minimum atomic E-state index is 0.0178. The first-order valence-electron chi connectivity index (χ1n) is 7.55. The first kappa shape index (κ1) is 17.2. The fourth-order valence-corrected chi connectivity index (χ4v) is 2.86. The molecule has 0 bridgehead atoms. The van der Waals surface area contributed by atoms with Crippen molar-refractivity contribution in [3.05, 3.63) is 34.3 Å². The van der Waals surface area contributed by atoms with Crippen LogP contribution in [-0.2, 0) is 11.3 Å². The number of aliphatic imine (C=N–C) groups is 1. The Balaban J connectivity index is 1.83. The van der Waals surface area contributed by atoms with E-state index in [4.69, 9.17) is 4.74 Å². The van der Waals surface area contributed by atoms with Crippen molar-refractivity contribution in [2.45, 2.75) is 19.4 Å². The van der Waals surface area contributed by atoms with Gasteiger partial charge in [-0.25, -0.2) is 0 Å². The molecule has 0 amide bonds. The van der Waals surface area contributed by atoms with E-state index in [9.17, 15) is 5.11 Å². The molecule has 122 valence electrons. The van der Waals surface area contributed by atoms with E-state index in [2.05, 4.69) is 43.7 Å². The zero-order chi connectivity index (χ0) is 15.8. The van der Waals surface area contributed by atoms with E-state index in [1.807, 2.05) is 12.1 Å². The number of halogens is 1. The van der Waals surface area contributed by atoms with Gasteiger partial charge in [-0.3, -0.25) is 4.99 Å². The first-order chi connectivity index (χ1) is 10.7. The average molecular weight is 370 g/mol. The number of aliphatic hydroxyl groups excluding tert-OH is 1. The van der Waals surface area contributed by atoms with E-state index in [0.717, 1.165) is 43.0 Å². The summed E-state index contributed by atoms with van der Waals surface area (Å²) < 4.78 is 6.58. The van der Waals surface area contributed by atoms with Crippen LogP contribution in [0, 0.1) is 5.41 Å². The Kier molecular flexibility index (Phi) is 6.67. The Morgan fingerprint density at radius 2 is 2.14 bits per heavy atom. The Hall–Kier alpha value is -1.11. The SMILES string of the molecule is CN=C(NCc1ccc(Br)cc1)NCC1(CCO)CCOC1. The van der Waals surface area contributed by atoms with Crippen molar-refractivity contribution in [2.24, 2.45) is 10.4 Å². The lowest BCUT2D eigenvalue weighted by Gasteiger charge is -2.27. The molecule has 6 heteroatoms. The monoisotopic (exact) mass is 369 g/mol. The van der Waals surface area contributed by atoms with Crippen LogP contribution in [0.4, 0.5) is 0 Å². The highest BCUT2D eigenvalue weighted by Gasteiger charge is 2.34. The third-order valence-corrected chi connectivity index (χ3v) is 4.58. The van der Waals surface area contributed by atoms with Crippen molar-refractivity contribution >= 4 is 21.9 Å². The maximum Gasteiger partial charge on any atom is 0.191 e. The van der Waals surface area contributed by atoms with Gasteiger partial charge in [0.2, 0.25) is 0 Å². The molecule has 1 saturated heterocycles. The average Bonchev–Trinajstić information content (AvgIpc) is 2.98. The molecule has 2 rings (SSSR count). The second-order valence-corrected chi connectivity index (χ2v) is 6.60. The van der Waals surface area contributed by atoms with E-state index in [-0.39, 0.29) is 12.0 Å². The smallest absolute Gasteiger partial charge is 0.191 e. The molecule has 1 aromatic rings. The zero-order valence-electron chi connectivity index (χ0n) is 12.9. The third kappa shape index (κ3) is 4.97. The standard InChI is InChI=1S/C16H24BrN3O2/c1-18-15(19-10-13-2-4-14(17)5-3-13)20-11-16(6-8-21)7-9-22-12-16/h2-5,21H,6-12H2,1H3,(H2,18,19,20). The fraction of sp³-hybridized carbons (Fsp3) is 0.562. The highest BCUT2D eigenvalue weighted by atomic mass is 79.9. The molecule has 1 heterocycles. The number of rotatable bonds is 6. The van der Waals surface area contributed by atoms with Crippen molar-refractivity contribution in [3.8, 4) is 0 Å². The van der Waals surface area contributed by atoms with Crippen LogP contribution in [0.3, 0.4) is 0 Å². The summed E-state index contributed by atoms with van der Waals surface area (Å²) in [4.78, 5) is 4.25. The van der Waals surface area contributed by atoms with E-state index in [1.165, 1.54) is 5.56 Å². The second kappa shape index (κ2) is 8.50. The number of hydrogen-bond acceptors (Lipinski definition) is 3. The molecule has 3 N–H and O–H groups in total. The van der Waals surface area contributed by atoms with Crippen LogP contribution in [0.1, 0.15) is 18.4 Å². The predicted octanol–water partition coefficient (Wildman–Crippen LogP) is 1.90. The Morgan fingerprint density at radius 1 is 1.36 bits per heavy atom. The first-order valence-corrected chi connectivity index (χ1v) is 8.34. The highest BCUT2D eigenvalue weighted by Crippen LogP contribution is 2.31. The van der Waals surface area contributed by atoms with Gasteiger partial charge in [0, 0.05) is 43.2 Å². The van der Waals surface area contributed by atoms with E-state index < -0.39 is 0 Å². The summed E-state index contributed by atoms with van der Waals surface area (Å²) >= 11 is 3.43. The van der Waals surface area contributed by atoms with Crippen molar-refractivity contribution in [3.63, 3.8) is 0 Å².